The third-order valence-electron chi connectivity index (χ3n) is 5.27. The minimum absolute atomic E-state index is 0.0814. The lowest BCUT2D eigenvalue weighted by Crippen LogP contribution is -2.28. The van der Waals surface area contributed by atoms with Crippen molar-refractivity contribution in [3.63, 3.8) is 0 Å². The van der Waals surface area contributed by atoms with Crippen molar-refractivity contribution >= 4 is 27.8 Å². The summed E-state index contributed by atoms with van der Waals surface area (Å²) < 4.78 is 14.9. The summed E-state index contributed by atoms with van der Waals surface area (Å²) in [5.74, 6) is -0.456. The predicted octanol–water partition coefficient (Wildman–Crippen LogP) is 3.41. The van der Waals surface area contributed by atoms with E-state index in [2.05, 4.69) is 21.4 Å². The lowest BCUT2D eigenvalue weighted by atomic mass is 9.97. The highest BCUT2D eigenvalue weighted by atomic mass is 19.1. The number of carbonyl (C=O) groups excluding carboxylic acids is 1. The molecular formula is C21H23FN4O2. The monoisotopic (exact) mass is 382 g/mol. The van der Waals surface area contributed by atoms with Gasteiger partial charge in [0.25, 0.3) is 5.56 Å². The van der Waals surface area contributed by atoms with Crippen LogP contribution < -0.4 is 10.9 Å². The van der Waals surface area contributed by atoms with E-state index in [4.69, 9.17) is 0 Å². The van der Waals surface area contributed by atoms with Gasteiger partial charge < -0.3 is 10.3 Å². The maximum absolute atomic E-state index is 13.5. The van der Waals surface area contributed by atoms with Gasteiger partial charge in [0.05, 0.1) is 6.33 Å². The average Bonchev–Trinajstić information content (AvgIpc) is 3.07. The third kappa shape index (κ3) is 3.83. The summed E-state index contributed by atoms with van der Waals surface area (Å²) in [6, 6.07) is 4.29. The van der Waals surface area contributed by atoms with E-state index in [0.717, 1.165) is 19.3 Å². The Morgan fingerprint density at radius 2 is 2.21 bits per heavy atom. The normalized spacial score (nSPS) is 14.4. The van der Waals surface area contributed by atoms with E-state index in [-0.39, 0.29) is 30.2 Å². The number of allylic oxidation sites excluding steroid dienone is 1. The molecule has 1 aliphatic carbocycles. The molecule has 2 heterocycles. The van der Waals surface area contributed by atoms with Crippen LogP contribution in [0.5, 0.6) is 0 Å². The van der Waals surface area contributed by atoms with Gasteiger partial charge in [0, 0.05) is 30.4 Å². The summed E-state index contributed by atoms with van der Waals surface area (Å²) in [5.41, 5.74) is 2.59. The first-order valence-electron chi connectivity index (χ1n) is 9.73. The highest BCUT2D eigenvalue weighted by Crippen LogP contribution is 2.22. The second kappa shape index (κ2) is 7.96. The molecule has 0 atom stereocenters. The van der Waals surface area contributed by atoms with Gasteiger partial charge in [-0.15, -0.1) is 0 Å². The number of rotatable bonds is 6. The second-order valence-electron chi connectivity index (χ2n) is 7.24. The first-order valence-corrected chi connectivity index (χ1v) is 9.73. The lowest BCUT2D eigenvalue weighted by Gasteiger charge is -2.13. The van der Waals surface area contributed by atoms with Gasteiger partial charge in [-0.2, -0.15) is 0 Å². The summed E-state index contributed by atoms with van der Waals surface area (Å²) in [5, 5.41) is 3.50. The van der Waals surface area contributed by atoms with Crippen LogP contribution in [0.4, 0.5) is 4.39 Å². The molecule has 0 radical (unpaired) electrons. The highest BCUT2D eigenvalue weighted by molar-refractivity contribution is 6.04. The SMILES string of the molecule is O=C(CCn1cnc2c([nH]c3ccc(F)cc32)c1=O)NCCC1=CCCCC1. The number of aromatic amines is 1. The molecule has 1 amide bonds. The van der Waals surface area contributed by atoms with Crippen LogP contribution in [0.25, 0.3) is 21.9 Å². The van der Waals surface area contributed by atoms with E-state index in [1.54, 1.807) is 6.07 Å². The Bertz CT molecular complexity index is 1110. The van der Waals surface area contributed by atoms with Crippen LogP contribution in [0, 0.1) is 5.82 Å². The van der Waals surface area contributed by atoms with Crippen molar-refractivity contribution in [2.45, 2.75) is 45.1 Å². The first-order chi connectivity index (χ1) is 13.6. The van der Waals surface area contributed by atoms with Crippen LogP contribution in [-0.4, -0.2) is 27.0 Å². The molecule has 146 valence electrons. The van der Waals surface area contributed by atoms with Crippen LogP contribution in [0.3, 0.4) is 0 Å². The molecule has 1 aliphatic rings. The van der Waals surface area contributed by atoms with Crippen LogP contribution in [0.15, 0.2) is 41.0 Å². The van der Waals surface area contributed by atoms with Gasteiger partial charge in [0.15, 0.2) is 0 Å². The zero-order valence-corrected chi connectivity index (χ0v) is 15.6. The van der Waals surface area contributed by atoms with Crippen molar-refractivity contribution < 1.29 is 9.18 Å². The number of halogens is 1. The molecule has 7 heteroatoms. The molecule has 28 heavy (non-hydrogen) atoms. The minimum atomic E-state index is -0.375. The van der Waals surface area contributed by atoms with Gasteiger partial charge in [0.1, 0.15) is 16.9 Å². The number of aryl methyl sites for hydroxylation is 1. The zero-order valence-electron chi connectivity index (χ0n) is 15.6. The van der Waals surface area contributed by atoms with Crippen LogP contribution >= 0.6 is 0 Å². The molecule has 0 saturated carbocycles. The number of amides is 1. The number of H-pyrrole nitrogens is 1. The number of benzene rings is 1. The fourth-order valence-electron chi connectivity index (χ4n) is 3.73. The van der Waals surface area contributed by atoms with E-state index in [1.807, 2.05) is 0 Å². The molecule has 0 unspecified atom stereocenters. The van der Waals surface area contributed by atoms with Gasteiger partial charge in [-0.1, -0.05) is 11.6 Å². The van der Waals surface area contributed by atoms with E-state index >= 15 is 0 Å². The van der Waals surface area contributed by atoms with Crippen molar-refractivity contribution in [2.75, 3.05) is 6.54 Å². The van der Waals surface area contributed by atoms with Crippen LogP contribution in [0.2, 0.25) is 0 Å². The largest absolute Gasteiger partial charge is 0.356 e. The smallest absolute Gasteiger partial charge is 0.277 e. The first kappa shape index (κ1) is 18.4. The molecule has 1 aromatic carbocycles. The molecule has 2 N–H and O–H groups in total. The summed E-state index contributed by atoms with van der Waals surface area (Å²) in [6.45, 7) is 0.879. The average molecular weight is 382 g/mol. The standard InChI is InChI=1S/C21H23FN4O2/c22-15-6-7-17-16(12-15)19-20(25-17)21(28)26(13-24-19)11-9-18(27)23-10-8-14-4-2-1-3-5-14/h4,6-7,12-13,25H,1-3,5,8-11H2,(H,23,27). The van der Waals surface area contributed by atoms with Crippen molar-refractivity contribution in [3.8, 4) is 0 Å². The number of fused-ring (bicyclic) bond motifs is 3. The molecule has 0 spiro atoms. The van der Waals surface area contributed by atoms with Gasteiger partial charge in [0.2, 0.25) is 5.91 Å². The van der Waals surface area contributed by atoms with E-state index < -0.39 is 0 Å². The topological polar surface area (TPSA) is 79.8 Å². The van der Waals surface area contributed by atoms with Crippen molar-refractivity contribution in [2.24, 2.45) is 0 Å². The Hall–Kier alpha value is -2.96. The fraction of sp³-hybridized carbons (Fsp3) is 0.381. The number of nitrogens with zero attached hydrogens (tertiary/aromatic N) is 2. The molecule has 6 nitrogen and oxygen atoms in total. The maximum Gasteiger partial charge on any atom is 0.277 e. The Morgan fingerprint density at radius 1 is 1.32 bits per heavy atom. The van der Waals surface area contributed by atoms with Gasteiger partial charge in [-0.3, -0.25) is 14.2 Å². The summed E-state index contributed by atoms with van der Waals surface area (Å²) >= 11 is 0. The number of aromatic nitrogens is 3. The summed E-state index contributed by atoms with van der Waals surface area (Å²) in [7, 11) is 0. The lowest BCUT2D eigenvalue weighted by molar-refractivity contribution is -0.121. The van der Waals surface area contributed by atoms with Gasteiger partial charge in [-0.05, 0) is 50.3 Å². The second-order valence-corrected chi connectivity index (χ2v) is 7.24. The van der Waals surface area contributed by atoms with Crippen LogP contribution in [0.1, 0.15) is 38.5 Å². The number of hydrogen-bond acceptors (Lipinski definition) is 3. The Balaban J connectivity index is 1.40. The van der Waals surface area contributed by atoms with Gasteiger partial charge >= 0.3 is 0 Å². The number of carbonyl (C=O) groups is 1. The summed E-state index contributed by atoms with van der Waals surface area (Å²) in [6.07, 6.45) is 9.57. The zero-order chi connectivity index (χ0) is 19.5. The van der Waals surface area contributed by atoms with E-state index in [1.165, 1.54) is 41.4 Å². The third-order valence-corrected chi connectivity index (χ3v) is 5.27. The molecule has 4 rings (SSSR count). The fourth-order valence-corrected chi connectivity index (χ4v) is 3.73. The molecule has 0 saturated heterocycles. The quantitative estimate of drug-likeness (QED) is 0.641. The summed E-state index contributed by atoms with van der Waals surface area (Å²) in [4.78, 5) is 32.1. The van der Waals surface area contributed by atoms with E-state index in [0.29, 0.717) is 28.5 Å². The van der Waals surface area contributed by atoms with Crippen molar-refractivity contribution in [1.82, 2.24) is 19.9 Å². The molecule has 2 aromatic heterocycles. The minimum Gasteiger partial charge on any atom is -0.356 e. The van der Waals surface area contributed by atoms with Crippen molar-refractivity contribution in [1.29, 1.82) is 0 Å². The van der Waals surface area contributed by atoms with Gasteiger partial charge in [-0.25, -0.2) is 9.37 Å². The Morgan fingerprint density at radius 3 is 3.04 bits per heavy atom. The molecule has 0 fully saturated rings. The predicted molar refractivity (Wildman–Crippen MR) is 107 cm³/mol. The molecule has 0 bridgehead atoms. The molecule has 3 aromatic rings. The van der Waals surface area contributed by atoms with Crippen molar-refractivity contribution in [3.05, 3.63) is 52.3 Å². The maximum atomic E-state index is 13.5. The Kier molecular flexibility index (Phi) is 5.23. The Labute approximate surface area is 161 Å². The number of nitrogens with one attached hydrogen (secondary N) is 2. The van der Waals surface area contributed by atoms with Crippen LogP contribution in [-0.2, 0) is 11.3 Å². The number of hydrogen-bond donors (Lipinski definition) is 2. The molecular weight excluding hydrogens is 359 g/mol. The molecule has 0 aliphatic heterocycles. The van der Waals surface area contributed by atoms with E-state index in [9.17, 15) is 14.0 Å². The highest BCUT2D eigenvalue weighted by Gasteiger charge is 2.12.